The first kappa shape index (κ1) is 23.3. The number of fused-ring (bicyclic) bond motifs is 3. The van der Waals surface area contributed by atoms with Gasteiger partial charge in [-0.1, -0.05) is 68.3 Å². The monoisotopic (exact) mass is 438 g/mol. The summed E-state index contributed by atoms with van der Waals surface area (Å²) in [5.74, 6) is -1.56. The Morgan fingerprint density at radius 2 is 1.59 bits per heavy atom. The maximum Gasteiger partial charge on any atom is 0.407 e. The van der Waals surface area contributed by atoms with Crippen LogP contribution in [-0.2, 0) is 14.3 Å². The van der Waals surface area contributed by atoms with Gasteiger partial charge in [-0.2, -0.15) is 0 Å². The summed E-state index contributed by atoms with van der Waals surface area (Å²) in [5.41, 5.74) is 4.57. The van der Waals surface area contributed by atoms with Crippen molar-refractivity contribution in [3.63, 3.8) is 0 Å². The van der Waals surface area contributed by atoms with E-state index in [9.17, 15) is 14.4 Å². The average Bonchev–Trinajstić information content (AvgIpc) is 3.09. The molecule has 2 aromatic carbocycles. The highest BCUT2D eigenvalue weighted by molar-refractivity contribution is 5.84. The first-order chi connectivity index (χ1) is 15.4. The third kappa shape index (κ3) is 5.66. The van der Waals surface area contributed by atoms with E-state index >= 15 is 0 Å². The van der Waals surface area contributed by atoms with E-state index in [4.69, 9.17) is 9.84 Å². The van der Waals surface area contributed by atoms with Crippen LogP contribution < -0.4 is 10.6 Å². The van der Waals surface area contributed by atoms with Crippen LogP contribution in [0.3, 0.4) is 0 Å². The van der Waals surface area contributed by atoms with Crippen molar-refractivity contribution in [3.8, 4) is 11.1 Å². The molecule has 0 saturated carbocycles. The van der Waals surface area contributed by atoms with Crippen LogP contribution in [0.25, 0.3) is 11.1 Å². The highest BCUT2D eigenvalue weighted by Gasteiger charge is 2.29. The normalized spacial score (nSPS) is 14.1. The molecule has 3 rings (SSSR count). The van der Waals surface area contributed by atoms with Gasteiger partial charge in [0.15, 0.2) is 0 Å². The second-order valence-electron chi connectivity index (χ2n) is 8.14. The maximum atomic E-state index is 12.6. The number of carboxylic acid groups (broad SMARTS) is 1. The average molecular weight is 439 g/mol. The molecule has 170 valence electrons. The second-order valence-corrected chi connectivity index (χ2v) is 8.14. The van der Waals surface area contributed by atoms with Crippen LogP contribution in [0, 0.1) is 0 Å². The topological polar surface area (TPSA) is 105 Å². The van der Waals surface area contributed by atoms with Crippen molar-refractivity contribution in [2.24, 2.45) is 0 Å². The van der Waals surface area contributed by atoms with Gasteiger partial charge in [0.1, 0.15) is 12.6 Å². The standard InChI is InChI=1S/C25H30N2O5/c1-3-4-9-17(14-23(28)26-16(2)24(29)30)27-25(31)32-15-22-20-12-7-5-10-18(20)19-11-6-8-13-21(19)22/h5-8,10-13,16-17,22H,3-4,9,14-15H2,1-2H3,(H,26,28)(H,27,31)(H,29,30). The number of carbonyl (C=O) groups excluding carboxylic acids is 2. The lowest BCUT2D eigenvalue weighted by molar-refractivity contribution is -0.141. The largest absolute Gasteiger partial charge is 0.480 e. The zero-order valence-corrected chi connectivity index (χ0v) is 18.5. The lowest BCUT2D eigenvalue weighted by Crippen LogP contribution is -2.43. The maximum absolute atomic E-state index is 12.6. The molecule has 0 aliphatic heterocycles. The number of aliphatic carboxylic acids is 1. The van der Waals surface area contributed by atoms with Gasteiger partial charge < -0.3 is 20.5 Å². The number of alkyl carbamates (subject to hydrolysis) is 1. The van der Waals surface area contributed by atoms with Crippen LogP contribution in [-0.4, -0.2) is 41.8 Å². The van der Waals surface area contributed by atoms with E-state index < -0.39 is 30.1 Å². The molecule has 2 aromatic rings. The minimum atomic E-state index is -1.10. The Morgan fingerprint density at radius 3 is 2.16 bits per heavy atom. The fourth-order valence-corrected chi connectivity index (χ4v) is 4.07. The minimum absolute atomic E-state index is 0.00180. The number of hydrogen-bond donors (Lipinski definition) is 3. The van der Waals surface area contributed by atoms with Crippen LogP contribution in [0.4, 0.5) is 4.79 Å². The van der Waals surface area contributed by atoms with E-state index in [1.165, 1.54) is 6.92 Å². The predicted octanol–water partition coefficient (Wildman–Crippen LogP) is 4.06. The van der Waals surface area contributed by atoms with E-state index in [1.54, 1.807) is 0 Å². The number of amides is 2. The zero-order chi connectivity index (χ0) is 23.1. The molecule has 2 atom stereocenters. The van der Waals surface area contributed by atoms with Gasteiger partial charge in [-0.25, -0.2) is 4.79 Å². The van der Waals surface area contributed by atoms with Gasteiger partial charge in [0.25, 0.3) is 0 Å². The number of unbranched alkanes of at least 4 members (excludes halogenated alkanes) is 1. The van der Waals surface area contributed by atoms with Crippen LogP contribution in [0.15, 0.2) is 48.5 Å². The van der Waals surface area contributed by atoms with E-state index in [1.807, 2.05) is 31.2 Å². The number of hydrogen-bond acceptors (Lipinski definition) is 4. The van der Waals surface area contributed by atoms with E-state index in [2.05, 4.69) is 34.9 Å². The van der Waals surface area contributed by atoms with Gasteiger partial charge in [0.05, 0.1) is 0 Å². The summed E-state index contributed by atoms with van der Waals surface area (Å²) in [7, 11) is 0. The first-order valence-electron chi connectivity index (χ1n) is 11.0. The smallest absolute Gasteiger partial charge is 0.407 e. The van der Waals surface area contributed by atoms with Crippen molar-refractivity contribution in [2.75, 3.05) is 6.61 Å². The summed E-state index contributed by atoms with van der Waals surface area (Å²) in [6.07, 6.45) is 1.77. The summed E-state index contributed by atoms with van der Waals surface area (Å²) in [4.78, 5) is 35.7. The van der Waals surface area contributed by atoms with E-state index in [-0.39, 0.29) is 18.9 Å². The number of benzene rings is 2. The van der Waals surface area contributed by atoms with Gasteiger partial charge in [-0.15, -0.1) is 0 Å². The fraction of sp³-hybridized carbons (Fsp3) is 0.400. The molecule has 7 heteroatoms. The molecule has 0 spiro atoms. The molecule has 0 heterocycles. The summed E-state index contributed by atoms with van der Waals surface area (Å²) >= 11 is 0. The number of rotatable bonds is 10. The predicted molar refractivity (Wildman–Crippen MR) is 121 cm³/mol. The molecular weight excluding hydrogens is 408 g/mol. The van der Waals surface area contributed by atoms with Crippen molar-refractivity contribution in [1.29, 1.82) is 0 Å². The Labute approximate surface area is 188 Å². The van der Waals surface area contributed by atoms with E-state index in [0.29, 0.717) is 6.42 Å². The van der Waals surface area contributed by atoms with Crippen molar-refractivity contribution in [3.05, 3.63) is 59.7 Å². The molecule has 7 nitrogen and oxygen atoms in total. The molecule has 2 unspecified atom stereocenters. The van der Waals surface area contributed by atoms with Gasteiger partial charge in [0.2, 0.25) is 5.91 Å². The molecule has 2 amide bonds. The summed E-state index contributed by atoms with van der Waals surface area (Å²) < 4.78 is 5.58. The number of ether oxygens (including phenoxy) is 1. The van der Waals surface area contributed by atoms with Gasteiger partial charge in [-0.05, 0) is 35.6 Å². The number of carbonyl (C=O) groups is 3. The van der Waals surface area contributed by atoms with Crippen molar-refractivity contribution in [1.82, 2.24) is 10.6 Å². The zero-order valence-electron chi connectivity index (χ0n) is 18.5. The SMILES string of the molecule is CCCCC(CC(=O)NC(C)C(=O)O)NC(=O)OCC1c2ccccc2-c2ccccc21. The Bertz CT molecular complexity index is 929. The Kier molecular flexibility index (Phi) is 7.87. The molecular formula is C25H30N2O5. The molecule has 0 saturated heterocycles. The molecule has 0 bridgehead atoms. The molecule has 0 fully saturated rings. The lowest BCUT2D eigenvalue weighted by Gasteiger charge is -2.20. The molecule has 1 aliphatic rings. The molecule has 0 radical (unpaired) electrons. The molecule has 3 N–H and O–H groups in total. The van der Waals surface area contributed by atoms with Crippen LogP contribution in [0.2, 0.25) is 0 Å². The lowest BCUT2D eigenvalue weighted by atomic mass is 9.98. The second kappa shape index (κ2) is 10.8. The summed E-state index contributed by atoms with van der Waals surface area (Å²) in [6, 6.07) is 14.8. The summed E-state index contributed by atoms with van der Waals surface area (Å²) in [5, 5.41) is 14.2. The van der Waals surface area contributed by atoms with Crippen LogP contribution in [0.5, 0.6) is 0 Å². The Balaban J connectivity index is 1.60. The van der Waals surface area contributed by atoms with Crippen molar-refractivity contribution >= 4 is 18.0 Å². The van der Waals surface area contributed by atoms with Gasteiger partial charge >= 0.3 is 12.1 Å². The van der Waals surface area contributed by atoms with Crippen LogP contribution >= 0.6 is 0 Å². The third-order valence-corrected chi connectivity index (χ3v) is 5.75. The first-order valence-corrected chi connectivity index (χ1v) is 11.0. The van der Waals surface area contributed by atoms with Crippen molar-refractivity contribution < 1.29 is 24.2 Å². The minimum Gasteiger partial charge on any atom is -0.480 e. The van der Waals surface area contributed by atoms with Crippen LogP contribution in [0.1, 0.15) is 56.6 Å². The molecule has 1 aliphatic carbocycles. The van der Waals surface area contributed by atoms with Crippen molar-refractivity contribution in [2.45, 2.75) is 57.5 Å². The number of carboxylic acids is 1. The Morgan fingerprint density at radius 1 is 1.00 bits per heavy atom. The summed E-state index contributed by atoms with van der Waals surface area (Å²) in [6.45, 7) is 3.62. The molecule has 0 aromatic heterocycles. The highest BCUT2D eigenvalue weighted by Crippen LogP contribution is 2.44. The van der Waals surface area contributed by atoms with Gasteiger partial charge in [-0.3, -0.25) is 9.59 Å². The quantitative estimate of drug-likeness (QED) is 0.519. The fourth-order valence-electron chi connectivity index (χ4n) is 4.07. The highest BCUT2D eigenvalue weighted by atomic mass is 16.5. The van der Waals surface area contributed by atoms with Gasteiger partial charge in [0, 0.05) is 18.4 Å². The Hall–Kier alpha value is -3.35. The van der Waals surface area contributed by atoms with E-state index in [0.717, 1.165) is 35.1 Å². The third-order valence-electron chi connectivity index (χ3n) is 5.75. The molecule has 32 heavy (non-hydrogen) atoms. The number of nitrogens with one attached hydrogen (secondary N) is 2.